The van der Waals surface area contributed by atoms with Crippen LogP contribution in [0.3, 0.4) is 0 Å². The Hall–Kier alpha value is -1.92. The Bertz CT molecular complexity index is 1060. The van der Waals surface area contributed by atoms with Crippen molar-refractivity contribution in [3.63, 3.8) is 0 Å². The molecule has 138 valence electrons. The van der Waals surface area contributed by atoms with Gasteiger partial charge in [-0.3, -0.25) is 4.79 Å². The number of para-hydroxylation sites is 1. The summed E-state index contributed by atoms with van der Waals surface area (Å²) in [7, 11) is 0. The molecule has 2 aromatic heterocycles. The summed E-state index contributed by atoms with van der Waals surface area (Å²) in [5, 5.41) is 2.00. The lowest BCUT2D eigenvalue weighted by molar-refractivity contribution is -0.117. The van der Waals surface area contributed by atoms with E-state index in [1.807, 2.05) is 30.9 Å². The van der Waals surface area contributed by atoms with Crippen LogP contribution >= 0.6 is 23.1 Å². The van der Waals surface area contributed by atoms with Crippen molar-refractivity contribution < 1.29 is 4.79 Å². The first-order valence-electron chi connectivity index (χ1n) is 9.46. The van der Waals surface area contributed by atoms with Crippen molar-refractivity contribution in [3.8, 4) is 0 Å². The van der Waals surface area contributed by atoms with Crippen molar-refractivity contribution >= 4 is 44.9 Å². The van der Waals surface area contributed by atoms with Crippen LogP contribution < -0.4 is 4.90 Å². The van der Waals surface area contributed by atoms with E-state index < -0.39 is 0 Å². The van der Waals surface area contributed by atoms with Crippen LogP contribution in [-0.4, -0.2) is 27.7 Å². The summed E-state index contributed by atoms with van der Waals surface area (Å²) in [6.45, 7) is 4.72. The highest BCUT2D eigenvalue weighted by molar-refractivity contribution is 8.00. The molecule has 2 aliphatic rings. The second-order valence-corrected chi connectivity index (χ2v) is 9.66. The average Bonchev–Trinajstić information content (AvgIpc) is 3.34. The Morgan fingerprint density at radius 1 is 1.22 bits per heavy atom. The number of carbonyl (C=O) groups is 1. The smallest absolute Gasteiger partial charge is 0.240 e. The number of thioether (sulfide) groups is 1. The van der Waals surface area contributed by atoms with Gasteiger partial charge in [-0.25, -0.2) is 9.97 Å². The van der Waals surface area contributed by atoms with Crippen LogP contribution in [0.4, 0.5) is 5.69 Å². The van der Waals surface area contributed by atoms with E-state index in [2.05, 4.69) is 17.1 Å². The number of benzene rings is 1. The zero-order chi connectivity index (χ0) is 18.5. The Balaban J connectivity index is 1.46. The standard InChI is InChI=1S/C21H21N3OS2/c1-12(21(25)24-11-10-14-6-3-4-8-16(14)24)26-19-18-15-7-5-9-17(15)27-20(18)23-13(2)22-19/h3-4,6,8,12H,5,7,9-11H2,1-2H3/t12-/m0/s1. The highest BCUT2D eigenvalue weighted by atomic mass is 32.2. The number of nitrogens with zero attached hydrogens (tertiary/aromatic N) is 3. The van der Waals surface area contributed by atoms with E-state index in [1.165, 1.54) is 27.8 Å². The summed E-state index contributed by atoms with van der Waals surface area (Å²) in [5.41, 5.74) is 3.75. The molecule has 0 fully saturated rings. The van der Waals surface area contributed by atoms with E-state index in [1.54, 1.807) is 23.1 Å². The maximum Gasteiger partial charge on any atom is 0.240 e. The van der Waals surface area contributed by atoms with Gasteiger partial charge in [-0.05, 0) is 56.7 Å². The lowest BCUT2D eigenvalue weighted by Crippen LogP contribution is -2.35. The number of carbonyl (C=O) groups excluding carboxylic acids is 1. The number of rotatable bonds is 3. The molecule has 0 saturated carbocycles. The van der Waals surface area contributed by atoms with Gasteiger partial charge >= 0.3 is 0 Å². The maximum atomic E-state index is 13.2. The molecule has 3 aromatic rings. The number of aromatic nitrogens is 2. The fraction of sp³-hybridized carbons (Fsp3) is 0.381. The van der Waals surface area contributed by atoms with Crippen LogP contribution in [0.2, 0.25) is 0 Å². The minimum Gasteiger partial charge on any atom is -0.311 e. The van der Waals surface area contributed by atoms with E-state index in [9.17, 15) is 4.79 Å². The summed E-state index contributed by atoms with van der Waals surface area (Å²) < 4.78 is 0. The molecule has 0 bridgehead atoms. The quantitative estimate of drug-likeness (QED) is 0.482. The third-order valence-electron chi connectivity index (χ3n) is 5.43. The molecule has 3 heterocycles. The number of amides is 1. The van der Waals surface area contributed by atoms with Crippen LogP contribution in [0.5, 0.6) is 0 Å². The van der Waals surface area contributed by atoms with Crippen molar-refractivity contribution in [2.45, 2.75) is 49.8 Å². The predicted molar refractivity (Wildman–Crippen MR) is 112 cm³/mol. The van der Waals surface area contributed by atoms with Crippen LogP contribution in [0, 0.1) is 6.92 Å². The molecule has 1 aliphatic carbocycles. The number of thiophene rings is 1. The van der Waals surface area contributed by atoms with E-state index in [0.717, 1.165) is 47.2 Å². The second-order valence-electron chi connectivity index (χ2n) is 7.24. The Kier molecular flexibility index (Phi) is 4.20. The zero-order valence-corrected chi connectivity index (χ0v) is 17.1. The van der Waals surface area contributed by atoms with Gasteiger partial charge in [0.05, 0.1) is 5.25 Å². The third kappa shape index (κ3) is 2.86. The van der Waals surface area contributed by atoms with Gasteiger partial charge in [0.25, 0.3) is 0 Å². The van der Waals surface area contributed by atoms with E-state index in [0.29, 0.717) is 0 Å². The molecule has 0 spiro atoms. The molecule has 5 rings (SSSR count). The molecule has 1 aliphatic heterocycles. The first-order chi connectivity index (χ1) is 13.1. The van der Waals surface area contributed by atoms with Gasteiger partial charge in [-0.1, -0.05) is 30.0 Å². The van der Waals surface area contributed by atoms with Crippen molar-refractivity contribution in [1.29, 1.82) is 0 Å². The Morgan fingerprint density at radius 2 is 2.07 bits per heavy atom. The van der Waals surface area contributed by atoms with E-state index in [4.69, 9.17) is 4.98 Å². The molecule has 0 N–H and O–H groups in total. The zero-order valence-electron chi connectivity index (χ0n) is 15.5. The maximum absolute atomic E-state index is 13.2. The molecular formula is C21H21N3OS2. The molecule has 0 saturated heterocycles. The molecule has 1 amide bonds. The van der Waals surface area contributed by atoms with E-state index >= 15 is 0 Å². The highest BCUT2D eigenvalue weighted by Gasteiger charge is 2.30. The van der Waals surface area contributed by atoms with Crippen LogP contribution in [-0.2, 0) is 24.1 Å². The Morgan fingerprint density at radius 3 is 2.96 bits per heavy atom. The summed E-state index contributed by atoms with van der Waals surface area (Å²) in [6, 6.07) is 8.22. The third-order valence-corrected chi connectivity index (χ3v) is 7.69. The van der Waals surface area contributed by atoms with Crippen molar-refractivity contribution in [1.82, 2.24) is 9.97 Å². The van der Waals surface area contributed by atoms with Gasteiger partial charge in [-0.2, -0.15) is 0 Å². The summed E-state index contributed by atoms with van der Waals surface area (Å²) in [4.78, 5) is 27.0. The van der Waals surface area contributed by atoms with Gasteiger partial charge in [0, 0.05) is 22.5 Å². The summed E-state index contributed by atoms with van der Waals surface area (Å²) >= 11 is 3.40. The lowest BCUT2D eigenvalue weighted by Gasteiger charge is -2.21. The SMILES string of the molecule is Cc1nc(S[C@@H](C)C(=O)N2CCc3ccccc32)c2c3c(sc2n1)CCC3. The topological polar surface area (TPSA) is 46.1 Å². The molecule has 4 nitrogen and oxygen atoms in total. The van der Waals surface area contributed by atoms with Crippen LogP contribution in [0.25, 0.3) is 10.2 Å². The molecule has 1 aromatic carbocycles. The second kappa shape index (κ2) is 6.60. The lowest BCUT2D eigenvalue weighted by atomic mass is 10.2. The highest BCUT2D eigenvalue weighted by Crippen LogP contribution is 2.41. The molecule has 6 heteroatoms. The number of fused-ring (bicyclic) bond motifs is 4. The van der Waals surface area contributed by atoms with Gasteiger partial charge in [0.15, 0.2) is 0 Å². The fourth-order valence-electron chi connectivity index (χ4n) is 4.15. The minimum atomic E-state index is -0.175. The largest absolute Gasteiger partial charge is 0.311 e. The normalized spacial score (nSPS) is 16.6. The van der Waals surface area contributed by atoms with Crippen LogP contribution in [0.1, 0.15) is 35.2 Å². The predicted octanol–water partition coefficient (Wildman–Crippen LogP) is 4.56. The van der Waals surface area contributed by atoms with Crippen molar-refractivity contribution in [3.05, 3.63) is 46.1 Å². The van der Waals surface area contributed by atoms with Crippen LogP contribution in [0.15, 0.2) is 29.3 Å². The molecular weight excluding hydrogens is 374 g/mol. The average molecular weight is 396 g/mol. The number of hydrogen-bond acceptors (Lipinski definition) is 5. The first-order valence-corrected chi connectivity index (χ1v) is 11.2. The monoisotopic (exact) mass is 395 g/mol. The minimum absolute atomic E-state index is 0.168. The van der Waals surface area contributed by atoms with Gasteiger partial charge in [0.1, 0.15) is 15.7 Å². The van der Waals surface area contributed by atoms with Gasteiger partial charge < -0.3 is 4.90 Å². The van der Waals surface area contributed by atoms with Gasteiger partial charge in [-0.15, -0.1) is 11.3 Å². The molecule has 0 radical (unpaired) electrons. The van der Waals surface area contributed by atoms with Gasteiger partial charge in [0.2, 0.25) is 5.91 Å². The number of aryl methyl sites for hydroxylation is 3. The summed E-state index contributed by atoms with van der Waals surface area (Å²) in [6.07, 6.45) is 4.41. The molecule has 1 atom stereocenters. The molecule has 0 unspecified atom stereocenters. The number of hydrogen-bond donors (Lipinski definition) is 0. The first kappa shape index (κ1) is 17.2. The Labute approximate surface area is 167 Å². The molecule has 27 heavy (non-hydrogen) atoms. The van der Waals surface area contributed by atoms with E-state index in [-0.39, 0.29) is 11.2 Å². The van der Waals surface area contributed by atoms with Crippen molar-refractivity contribution in [2.75, 3.05) is 11.4 Å². The number of anilines is 1. The fourth-order valence-corrected chi connectivity index (χ4v) is 6.61. The summed E-state index contributed by atoms with van der Waals surface area (Å²) in [5.74, 6) is 0.956. The van der Waals surface area contributed by atoms with Crippen molar-refractivity contribution in [2.24, 2.45) is 0 Å².